The number of ketones is 1. The molecule has 0 atom stereocenters. The summed E-state index contributed by atoms with van der Waals surface area (Å²) in [6.45, 7) is 15.7. The molecule has 1 aromatic carbocycles. The van der Waals surface area contributed by atoms with Crippen molar-refractivity contribution in [3.05, 3.63) is 41.5 Å². The van der Waals surface area contributed by atoms with Gasteiger partial charge in [-0.15, -0.1) is 0 Å². The molecule has 0 N–H and O–H groups in total. The second-order valence-electron chi connectivity index (χ2n) is 3.44. The number of rotatable bonds is 4. The summed E-state index contributed by atoms with van der Waals surface area (Å²) in [7, 11) is 0. The van der Waals surface area contributed by atoms with Crippen LogP contribution in [0.15, 0.2) is 30.3 Å². The lowest BCUT2D eigenvalue weighted by atomic mass is 10.1. The summed E-state index contributed by atoms with van der Waals surface area (Å²) in [6, 6.07) is 8.32. The number of hydrogen-bond donors (Lipinski definition) is 0. The molecule has 0 aromatic heterocycles. The summed E-state index contributed by atoms with van der Waals surface area (Å²) in [5, 5.41) is 0. The van der Waals surface area contributed by atoms with E-state index in [1.165, 1.54) is 12.0 Å². The van der Waals surface area contributed by atoms with Crippen molar-refractivity contribution in [3.8, 4) is 0 Å². The molecule has 1 heteroatoms. The Labute approximate surface area is 127 Å². The van der Waals surface area contributed by atoms with Gasteiger partial charge in [0.15, 0.2) is 5.78 Å². The minimum atomic E-state index is 0.0858. The second kappa shape index (κ2) is 20.0. The molecule has 0 spiro atoms. The Morgan fingerprint density at radius 3 is 1.75 bits per heavy atom. The van der Waals surface area contributed by atoms with Gasteiger partial charge in [-0.1, -0.05) is 85.2 Å². The minimum absolute atomic E-state index is 0.0858. The van der Waals surface area contributed by atoms with Crippen LogP contribution in [0, 0.1) is 0 Å². The fourth-order valence-corrected chi connectivity index (χ4v) is 1.30. The van der Waals surface area contributed by atoms with Gasteiger partial charge in [0.1, 0.15) is 0 Å². The zero-order valence-electron chi connectivity index (χ0n) is 14.8. The Morgan fingerprint density at radius 2 is 1.40 bits per heavy atom. The monoisotopic (exact) mass is 278 g/mol. The highest BCUT2D eigenvalue weighted by molar-refractivity contribution is 5.91. The van der Waals surface area contributed by atoms with Crippen LogP contribution in [0.25, 0.3) is 6.08 Å². The number of aryl methyl sites for hydroxylation is 1. The normalized spacial score (nSPS) is 8.40. The maximum absolute atomic E-state index is 10.7. The van der Waals surface area contributed by atoms with Crippen molar-refractivity contribution in [3.63, 3.8) is 0 Å². The predicted molar refractivity (Wildman–Crippen MR) is 94.2 cm³/mol. The van der Waals surface area contributed by atoms with E-state index < -0.39 is 0 Å². The van der Waals surface area contributed by atoms with E-state index in [0.29, 0.717) is 0 Å². The first kappa shape index (κ1) is 23.7. The van der Waals surface area contributed by atoms with Crippen molar-refractivity contribution in [1.82, 2.24) is 0 Å². The molecule has 0 aliphatic carbocycles. The van der Waals surface area contributed by atoms with Gasteiger partial charge in [-0.05, 0) is 30.5 Å². The number of carbonyl (C=O) groups is 1. The Morgan fingerprint density at radius 1 is 0.950 bits per heavy atom. The van der Waals surface area contributed by atoms with Crippen LogP contribution < -0.4 is 0 Å². The molecule has 0 heterocycles. The molecule has 0 radical (unpaired) electrons. The lowest BCUT2D eigenvalue weighted by Crippen LogP contribution is -1.83. The van der Waals surface area contributed by atoms with E-state index in [-0.39, 0.29) is 5.78 Å². The molecule has 0 fully saturated rings. The van der Waals surface area contributed by atoms with E-state index in [1.54, 1.807) is 13.0 Å². The maximum atomic E-state index is 10.7. The van der Waals surface area contributed by atoms with Crippen LogP contribution in [0.5, 0.6) is 0 Å². The van der Waals surface area contributed by atoms with E-state index in [9.17, 15) is 4.79 Å². The quantitative estimate of drug-likeness (QED) is 0.589. The third-order valence-corrected chi connectivity index (χ3v) is 2.03. The molecule has 0 bridgehead atoms. The molecule has 0 amide bonds. The van der Waals surface area contributed by atoms with Gasteiger partial charge < -0.3 is 0 Å². The van der Waals surface area contributed by atoms with Gasteiger partial charge in [-0.3, -0.25) is 4.79 Å². The summed E-state index contributed by atoms with van der Waals surface area (Å²) in [5.41, 5.74) is 2.44. The molecular weight excluding hydrogens is 244 g/mol. The van der Waals surface area contributed by atoms with Crippen LogP contribution >= 0.6 is 0 Å². The van der Waals surface area contributed by atoms with Gasteiger partial charge in [0, 0.05) is 0 Å². The van der Waals surface area contributed by atoms with E-state index in [2.05, 4.69) is 19.1 Å². The molecular formula is C19H34O. The molecule has 1 aromatic rings. The van der Waals surface area contributed by atoms with Crippen LogP contribution in [0.4, 0.5) is 0 Å². The highest BCUT2D eigenvalue weighted by atomic mass is 16.1. The molecule has 0 aliphatic rings. The zero-order chi connectivity index (χ0) is 16.4. The lowest BCUT2D eigenvalue weighted by Gasteiger charge is -1.98. The van der Waals surface area contributed by atoms with Crippen LogP contribution in [0.2, 0.25) is 0 Å². The minimum Gasteiger partial charge on any atom is -0.295 e. The van der Waals surface area contributed by atoms with Crippen molar-refractivity contribution < 1.29 is 4.79 Å². The molecule has 0 unspecified atom stereocenters. The maximum Gasteiger partial charge on any atom is 0.152 e. The highest BCUT2D eigenvalue weighted by Crippen LogP contribution is 2.07. The van der Waals surface area contributed by atoms with Crippen LogP contribution in [-0.2, 0) is 11.2 Å². The zero-order valence-corrected chi connectivity index (χ0v) is 14.8. The van der Waals surface area contributed by atoms with Gasteiger partial charge in [-0.25, -0.2) is 0 Å². The summed E-state index contributed by atoms with van der Waals surface area (Å²) in [5.74, 6) is 0.0858. The topological polar surface area (TPSA) is 17.1 Å². The molecule has 0 aliphatic heterocycles. The largest absolute Gasteiger partial charge is 0.295 e. The van der Waals surface area contributed by atoms with E-state index in [0.717, 1.165) is 12.0 Å². The van der Waals surface area contributed by atoms with Gasteiger partial charge >= 0.3 is 0 Å². The van der Waals surface area contributed by atoms with Crippen LogP contribution in [0.1, 0.15) is 72.9 Å². The van der Waals surface area contributed by atoms with Crippen molar-refractivity contribution in [2.75, 3.05) is 0 Å². The Kier molecular flexibility index (Phi) is 23.7. The highest BCUT2D eigenvalue weighted by Gasteiger charge is 1.91. The smallest absolute Gasteiger partial charge is 0.152 e. The van der Waals surface area contributed by atoms with Gasteiger partial charge in [-0.2, -0.15) is 0 Å². The van der Waals surface area contributed by atoms with Crippen LogP contribution in [0.3, 0.4) is 0 Å². The van der Waals surface area contributed by atoms with E-state index in [4.69, 9.17) is 0 Å². The predicted octanol–water partition coefficient (Wildman–Crippen LogP) is 6.32. The third kappa shape index (κ3) is 14.7. The average molecular weight is 278 g/mol. The molecule has 116 valence electrons. The Hall–Kier alpha value is -1.37. The molecule has 20 heavy (non-hydrogen) atoms. The first-order valence-electron chi connectivity index (χ1n) is 8.00. The lowest BCUT2D eigenvalue weighted by molar-refractivity contribution is -0.112. The standard InChI is InChI=1S/C13H16O.3C2H6/c1-3-4-12-7-9-13(10-8-12)6-5-11(2)14;3*1-2/h5-10H,3-4H2,1-2H3;3*1-2H3/b6-5+;;;. The van der Waals surface area contributed by atoms with Crippen molar-refractivity contribution in [1.29, 1.82) is 0 Å². The van der Waals surface area contributed by atoms with E-state index >= 15 is 0 Å². The first-order chi connectivity index (χ1) is 9.72. The van der Waals surface area contributed by atoms with Crippen LogP contribution in [-0.4, -0.2) is 5.78 Å². The first-order valence-corrected chi connectivity index (χ1v) is 8.00. The molecule has 1 rings (SSSR count). The van der Waals surface area contributed by atoms with Crippen molar-refractivity contribution in [2.45, 2.75) is 68.2 Å². The number of allylic oxidation sites excluding steroid dienone is 1. The summed E-state index contributed by atoms with van der Waals surface area (Å²) >= 11 is 0. The number of benzene rings is 1. The molecule has 0 saturated heterocycles. The fourth-order valence-electron chi connectivity index (χ4n) is 1.30. The molecule has 0 saturated carbocycles. The SMILES string of the molecule is CC.CC.CC.CCCc1ccc(/C=C/C(C)=O)cc1. The number of carbonyl (C=O) groups excluding carboxylic acids is 1. The van der Waals surface area contributed by atoms with E-state index in [1.807, 2.05) is 59.8 Å². The third-order valence-electron chi connectivity index (χ3n) is 2.03. The summed E-state index contributed by atoms with van der Waals surface area (Å²) in [6.07, 6.45) is 5.73. The number of hydrogen-bond acceptors (Lipinski definition) is 1. The summed E-state index contributed by atoms with van der Waals surface area (Å²) < 4.78 is 0. The van der Waals surface area contributed by atoms with Gasteiger partial charge in [0.25, 0.3) is 0 Å². The summed E-state index contributed by atoms with van der Waals surface area (Å²) in [4.78, 5) is 10.7. The van der Waals surface area contributed by atoms with Crippen molar-refractivity contribution >= 4 is 11.9 Å². The van der Waals surface area contributed by atoms with Crippen molar-refractivity contribution in [2.24, 2.45) is 0 Å². The molecule has 1 nitrogen and oxygen atoms in total. The fraction of sp³-hybridized carbons (Fsp3) is 0.526. The van der Waals surface area contributed by atoms with Gasteiger partial charge in [0.2, 0.25) is 0 Å². The Bertz CT molecular complexity index is 320. The second-order valence-corrected chi connectivity index (χ2v) is 3.44. The average Bonchev–Trinajstić information content (AvgIpc) is 2.53. The Balaban J connectivity index is -0.000000425. The van der Waals surface area contributed by atoms with Gasteiger partial charge in [0.05, 0.1) is 0 Å².